The first-order valence-corrected chi connectivity index (χ1v) is 7.29. The van der Waals surface area contributed by atoms with Crippen LogP contribution in [-0.4, -0.2) is 17.7 Å². The summed E-state index contributed by atoms with van der Waals surface area (Å²) < 4.78 is 0. The molecular weight excluding hydrogens is 244 g/mol. The van der Waals surface area contributed by atoms with E-state index in [2.05, 4.69) is 12.2 Å². The fraction of sp³-hybridized carbons (Fsp3) is 0.500. The van der Waals surface area contributed by atoms with Gasteiger partial charge >= 0.3 is 0 Å². The number of thioether (sulfide) groups is 1. The van der Waals surface area contributed by atoms with Crippen molar-refractivity contribution in [3.8, 4) is 0 Å². The van der Waals surface area contributed by atoms with Crippen molar-refractivity contribution in [2.75, 3.05) is 5.75 Å². The van der Waals surface area contributed by atoms with E-state index in [9.17, 15) is 4.79 Å². The van der Waals surface area contributed by atoms with Crippen molar-refractivity contribution in [1.29, 1.82) is 0 Å². The second-order valence-corrected chi connectivity index (χ2v) is 5.64. The second-order valence-electron chi connectivity index (χ2n) is 4.59. The minimum Gasteiger partial charge on any atom is -0.353 e. The molecule has 1 atom stereocenters. The molecule has 0 heterocycles. The van der Waals surface area contributed by atoms with Crippen molar-refractivity contribution in [3.63, 3.8) is 0 Å². The molecule has 0 bridgehead atoms. The fourth-order valence-corrected chi connectivity index (χ4v) is 2.27. The molecule has 4 heteroatoms. The largest absolute Gasteiger partial charge is 0.353 e. The van der Waals surface area contributed by atoms with E-state index >= 15 is 0 Å². The summed E-state index contributed by atoms with van der Waals surface area (Å²) in [6.07, 6.45) is 0.934. The molecule has 0 saturated carbocycles. The number of nitrogens with two attached hydrogens (primary N) is 1. The molecule has 1 amide bonds. The maximum absolute atomic E-state index is 11.5. The van der Waals surface area contributed by atoms with Crippen LogP contribution in [0.3, 0.4) is 0 Å². The van der Waals surface area contributed by atoms with Gasteiger partial charge in [0.05, 0.1) is 5.75 Å². The normalized spacial score (nSPS) is 12.5. The summed E-state index contributed by atoms with van der Waals surface area (Å²) in [5, 5.41) is 2.87. The van der Waals surface area contributed by atoms with Crippen LogP contribution in [0.2, 0.25) is 0 Å². The molecule has 100 valence electrons. The van der Waals surface area contributed by atoms with Crippen LogP contribution in [0.5, 0.6) is 0 Å². The zero-order valence-corrected chi connectivity index (χ0v) is 12.1. The Labute approximate surface area is 114 Å². The number of benzene rings is 1. The summed E-state index contributed by atoms with van der Waals surface area (Å²) in [5.41, 5.74) is 7.10. The average Bonchev–Trinajstić information content (AvgIpc) is 2.35. The number of hydrogen-bond acceptors (Lipinski definition) is 3. The minimum atomic E-state index is 0.0735. The number of nitrogens with one attached hydrogen (secondary N) is 1. The maximum Gasteiger partial charge on any atom is 0.230 e. The van der Waals surface area contributed by atoms with E-state index in [1.54, 1.807) is 11.8 Å². The van der Waals surface area contributed by atoms with Gasteiger partial charge in [-0.1, -0.05) is 19.1 Å². The van der Waals surface area contributed by atoms with Crippen molar-refractivity contribution < 1.29 is 4.79 Å². The summed E-state index contributed by atoms with van der Waals surface area (Å²) in [5.74, 6) is 0.529. The molecule has 0 spiro atoms. The highest BCUT2D eigenvalue weighted by molar-refractivity contribution is 8.00. The van der Waals surface area contributed by atoms with E-state index in [1.165, 1.54) is 0 Å². The van der Waals surface area contributed by atoms with Gasteiger partial charge in [-0.05, 0) is 38.0 Å². The third kappa shape index (κ3) is 5.10. The Morgan fingerprint density at radius 1 is 1.33 bits per heavy atom. The lowest BCUT2D eigenvalue weighted by Gasteiger charge is -2.10. The fourth-order valence-electron chi connectivity index (χ4n) is 1.56. The zero-order valence-electron chi connectivity index (χ0n) is 11.3. The topological polar surface area (TPSA) is 55.1 Å². The molecule has 0 aromatic heterocycles. The van der Waals surface area contributed by atoms with Crippen LogP contribution in [-0.2, 0) is 4.79 Å². The molecule has 0 saturated heterocycles. The highest BCUT2D eigenvalue weighted by Gasteiger charge is 2.06. The lowest BCUT2D eigenvalue weighted by atomic mass is 10.1. The highest BCUT2D eigenvalue weighted by Crippen LogP contribution is 2.21. The van der Waals surface area contributed by atoms with Gasteiger partial charge < -0.3 is 11.1 Å². The van der Waals surface area contributed by atoms with Gasteiger partial charge in [-0.25, -0.2) is 0 Å². The molecular formula is C14H22N2OS. The van der Waals surface area contributed by atoms with Crippen LogP contribution in [0.25, 0.3) is 0 Å². The van der Waals surface area contributed by atoms with Gasteiger partial charge in [-0.2, -0.15) is 0 Å². The minimum absolute atomic E-state index is 0.0735. The molecule has 1 aromatic rings. The standard InChI is InChI=1S/C14H22N2OS/c1-4-13(15)11-5-7-12(8-6-11)18-9-14(17)16-10(2)3/h5-8,10,13H,4,9,15H2,1-3H3,(H,16,17)/t13-/m1/s1. The van der Waals surface area contributed by atoms with E-state index in [4.69, 9.17) is 5.73 Å². The van der Waals surface area contributed by atoms with Crippen LogP contribution in [0.4, 0.5) is 0 Å². The molecule has 0 aliphatic carbocycles. The molecule has 1 rings (SSSR count). The number of hydrogen-bond donors (Lipinski definition) is 2. The van der Waals surface area contributed by atoms with E-state index < -0.39 is 0 Å². The quantitative estimate of drug-likeness (QED) is 0.778. The average molecular weight is 266 g/mol. The van der Waals surface area contributed by atoms with Crippen molar-refractivity contribution in [3.05, 3.63) is 29.8 Å². The van der Waals surface area contributed by atoms with Gasteiger partial charge in [-0.15, -0.1) is 11.8 Å². The number of carbonyl (C=O) groups excluding carboxylic acids is 1. The first-order valence-electron chi connectivity index (χ1n) is 6.30. The van der Waals surface area contributed by atoms with E-state index in [1.807, 2.05) is 38.1 Å². The number of rotatable bonds is 6. The summed E-state index contributed by atoms with van der Waals surface area (Å²) in [7, 11) is 0. The van der Waals surface area contributed by atoms with Gasteiger partial charge in [-0.3, -0.25) is 4.79 Å². The van der Waals surface area contributed by atoms with Crippen LogP contribution in [0.15, 0.2) is 29.2 Å². The molecule has 3 nitrogen and oxygen atoms in total. The summed E-state index contributed by atoms with van der Waals surface area (Å²) >= 11 is 1.55. The van der Waals surface area contributed by atoms with Crippen molar-refractivity contribution in [2.45, 2.75) is 44.2 Å². The number of amides is 1. The third-order valence-corrected chi connectivity index (χ3v) is 3.58. The summed E-state index contributed by atoms with van der Waals surface area (Å²) in [4.78, 5) is 12.6. The predicted octanol–water partition coefficient (Wildman–Crippen LogP) is 2.71. The van der Waals surface area contributed by atoms with Crippen LogP contribution < -0.4 is 11.1 Å². The molecule has 0 unspecified atom stereocenters. The summed E-state index contributed by atoms with van der Waals surface area (Å²) in [6, 6.07) is 8.43. The Hall–Kier alpha value is -1.00. The smallest absolute Gasteiger partial charge is 0.230 e. The van der Waals surface area contributed by atoms with Gasteiger partial charge in [0, 0.05) is 17.0 Å². The Balaban J connectivity index is 2.46. The predicted molar refractivity (Wildman–Crippen MR) is 77.7 cm³/mol. The van der Waals surface area contributed by atoms with Crippen LogP contribution >= 0.6 is 11.8 Å². The SMILES string of the molecule is CC[C@@H](N)c1ccc(SCC(=O)NC(C)C)cc1. The molecule has 1 aromatic carbocycles. The summed E-state index contributed by atoms with van der Waals surface area (Å²) in [6.45, 7) is 6.00. The van der Waals surface area contributed by atoms with Crippen molar-refractivity contribution in [1.82, 2.24) is 5.32 Å². The second kappa shape index (κ2) is 7.44. The number of carbonyl (C=O) groups is 1. The third-order valence-electron chi connectivity index (χ3n) is 2.57. The van der Waals surface area contributed by atoms with E-state index in [0.717, 1.165) is 16.9 Å². The zero-order chi connectivity index (χ0) is 13.5. The van der Waals surface area contributed by atoms with Crippen LogP contribution in [0.1, 0.15) is 38.8 Å². The van der Waals surface area contributed by atoms with E-state index in [0.29, 0.717) is 5.75 Å². The first-order chi connectivity index (χ1) is 8.52. The van der Waals surface area contributed by atoms with Crippen LogP contribution in [0, 0.1) is 0 Å². The Kier molecular flexibility index (Phi) is 6.22. The molecule has 3 N–H and O–H groups in total. The molecule has 0 aliphatic heterocycles. The van der Waals surface area contributed by atoms with Gasteiger partial charge in [0.2, 0.25) is 5.91 Å². The maximum atomic E-state index is 11.5. The lowest BCUT2D eigenvalue weighted by Crippen LogP contribution is -2.31. The Morgan fingerprint density at radius 3 is 2.44 bits per heavy atom. The molecule has 0 aliphatic rings. The Morgan fingerprint density at radius 2 is 1.94 bits per heavy atom. The highest BCUT2D eigenvalue weighted by atomic mass is 32.2. The molecule has 18 heavy (non-hydrogen) atoms. The van der Waals surface area contributed by atoms with Crippen molar-refractivity contribution in [2.24, 2.45) is 5.73 Å². The van der Waals surface area contributed by atoms with Gasteiger partial charge in [0.1, 0.15) is 0 Å². The van der Waals surface area contributed by atoms with Crippen molar-refractivity contribution >= 4 is 17.7 Å². The van der Waals surface area contributed by atoms with Gasteiger partial charge in [0.15, 0.2) is 0 Å². The van der Waals surface area contributed by atoms with Gasteiger partial charge in [0.25, 0.3) is 0 Å². The molecule has 0 fully saturated rings. The molecule has 0 radical (unpaired) electrons. The van der Waals surface area contributed by atoms with E-state index in [-0.39, 0.29) is 18.0 Å². The Bertz CT molecular complexity index is 376. The lowest BCUT2D eigenvalue weighted by molar-refractivity contribution is -0.119. The monoisotopic (exact) mass is 266 g/mol. The first kappa shape index (κ1) is 15.1.